The molecular weight excluding hydrogens is 394 g/mol. The van der Waals surface area contributed by atoms with E-state index in [1.807, 2.05) is 37.2 Å². The maximum atomic E-state index is 12.4. The second kappa shape index (κ2) is 9.43. The van der Waals surface area contributed by atoms with E-state index in [4.69, 9.17) is 0 Å². The Bertz CT molecular complexity index is 994. The van der Waals surface area contributed by atoms with Gasteiger partial charge in [0.1, 0.15) is 5.82 Å². The van der Waals surface area contributed by atoms with Crippen LogP contribution in [0.25, 0.3) is 10.1 Å². The van der Waals surface area contributed by atoms with Gasteiger partial charge in [0.15, 0.2) is 0 Å². The Morgan fingerprint density at radius 1 is 1.17 bits per heavy atom. The second-order valence-corrected chi connectivity index (χ2v) is 9.14. The first-order valence-electron chi connectivity index (χ1n) is 10.6. The minimum absolute atomic E-state index is 0.118. The summed E-state index contributed by atoms with van der Waals surface area (Å²) in [4.78, 5) is 23.3. The van der Waals surface area contributed by atoms with Gasteiger partial charge in [-0.3, -0.25) is 4.79 Å². The zero-order valence-electron chi connectivity index (χ0n) is 17.6. The summed E-state index contributed by atoms with van der Waals surface area (Å²) in [5.74, 6) is 2.26. The number of amides is 1. The minimum atomic E-state index is 0.118. The standard InChI is InChI=1S/C23H29N5OS/c1-28(2)21-11-12-24-23(27-21)26-18-9-7-16(8-10-18)14-25-22(29)13-17-15-30-20-6-4-3-5-19(17)20/h3-6,11-12,15-16,18H,7-10,13-14H2,1-2H3,(H,25,29)(H,24,26,27). The van der Waals surface area contributed by atoms with E-state index in [0.717, 1.165) is 43.6 Å². The normalized spacial score (nSPS) is 18.9. The number of hydrogen-bond acceptors (Lipinski definition) is 6. The van der Waals surface area contributed by atoms with E-state index in [1.54, 1.807) is 17.5 Å². The Morgan fingerprint density at radius 2 is 1.97 bits per heavy atom. The molecule has 0 unspecified atom stereocenters. The Labute approximate surface area is 181 Å². The molecule has 0 atom stereocenters. The molecule has 30 heavy (non-hydrogen) atoms. The smallest absolute Gasteiger partial charge is 0.224 e. The van der Waals surface area contributed by atoms with Crippen LogP contribution in [0.2, 0.25) is 0 Å². The molecular formula is C23H29N5OS. The third-order valence-electron chi connectivity index (χ3n) is 5.78. The number of nitrogens with zero attached hydrogens (tertiary/aromatic N) is 3. The summed E-state index contributed by atoms with van der Waals surface area (Å²) in [5, 5.41) is 9.93. The molecule has 0 saturated heterocycles. The van der Waals surface area contributed by atoms with Gasteiger partial charge in [0.2, 0.25) is 11.9 Å². The van der Waals surface area contributed by atoms with Gasteiger partial charge >= 0.3 is 0 Å². The summed E-state index contributed by atoms with van der Waals surface area (Å²) >= 11 is 1.71. The molecule has 0 radical (unpaired) electrons. The molecule has 7 heteroatoms. The van der Waals surface area contributed by atoms with E-state index in [-0.39, 0.29) is 5.91 Å². The molecule has 1 aliphatic carbocycles. The second-order valence-electron chi connectivity index (χ2n) is 8.23. The Hall–Kier alpha value is -2.67. The highest BCUT2D eigenvalue weighted by molar-refractivity contribution is 7.17. The van der Waals surface area contributed by atoms with Crippen LogP contribution in [0.15, 0.2) is 41.9 Å². The molecule has 1 saturated carbocycles. The average Bonchev–Trinajstić information content (AvgIpc) is 3.16. The zero-order chi connectivity index (χ0) is 20.9. The van der Waals surface area contributed by atoms with Crippen molar-refractivity contribution >= 4 is 39.1 Å². The topological polar surface area (TPSA) is 70.2 Å². The summed E-state index contributed by atoms with van der Waals surface area (Å²) in [5.41, 5.74) is 1.13. The van der Waals surface area contributed by atoms with Crippen LogP contribution in [-0.4, -0.2) is 42.6 Å². The van der Waals surface area contributed by atoms with Crippen LogP contribution in [0.5, 0.6) is 0 Å². The number of thiophene rings is 1. The Morgan fingerprint density at radius 3 is 2.77 bits per heavy atom. The molecule has 158 valence electrons. The third-order valence-corrected chi connectivity index (χ3v) is 6.79. The van der Waals surface area contributed by atoms with Gasteiger partial charge in [-0.25, -0.2) is 4.98 Å². The predicted octanol–water partition coefficient (Wildman–Crippen LogP) is 4.09. The number of anilines is 2. The number of carbonyl (C=O) groups excluding carboxylic acids is 1. The molecule has 1 fully saturated rings. The van der Waals surface area contributed by atoms with Crippen LogP contribution in [0.3, 0.4) is 0 Å². The lowest BCUT2D eigenvalue weighted by Gasteiger charge is -2.29. The Kier molecular flexibility index (Phi) is 6.47. The first kappa shape index (κ1) is 20.6. The molecule has 1 aromatic carbocycles. The molecule has 1 aliphatic rings. The van der Waals surface area contributed by atoms with Gasteiger partial charge in [-0.05, 0) is 60.1 Å². The number of hydrogen-bond donors (Lipinski definition) is 2. The zero-order valence-corrected chi connectivity index (χ0v) is 18.4. The van der Waals surface area contributed by atoms with Crippen LogP contribution in [-0.2, 0) is 11.2 Å². The maximum absolute atomic E-state index is 12.4. The van der Waals surface area contributed by atoms with Gasteiger partial charge in [0, 0.05) is 37.6 Å². The fourth-order valence-electron chi connectivity index (χ4n) is 4.02. The molecule has 2 heterocycles. The van der Waals surface area contributed by atoms with Crippen LogP contribution >= 0.6 is 11.3 Å². The van der Waals surface area contributed by atoms with Crippen molar-refractivity contribution in [1.29, 1.82) is 0 Å². The molecule has 0 bridgehead atoms. The molecule has 6 nitrogen and oxygen atoms in total. The highest BCUT2D eigenvalue weighted by atomic mass is 32.1. The van der Waals surface area contributed by atoms with Crippen LogP contribution in [0.1, 0.15) is 31.2 Å². The molecule has 1 amide bonds. The molecule has 4 rings (SSSR count). The molecule has 3 aromatic rings. The summed E-state index contributed by atoms with van der Waals surface area (Å²) in [7, 11) is 3.96. The summed E-state index contributed by atoms with van der Waals surface area (Å²) in [6, 6.07) is 10.6. The van der Waals surface area contributed by atoms with E-state index < -0.39 is 0 Å². The van der Waals surface area contributed by atoms with Crippen molar-refractivity contribution in [2.24, 2.45) is 5.92 Å². The van der Waals surface area contributed by atoms with E-state index in [1.165, 1.54) is 10.1 Å². The van der Waals surface area contributed by atoms with Crippen molar-refractivity contribution in [3.8, 4) is 0 Å². The summed E-state index contributed by atoms with van der Waals surface area (Å²) < 4.78 is 1.24. The van der Waals surface area contributed by atoms with Crippen molar-refractivity contribution in [3.63, 3.8) is 0 Å². The van der Waals surface area contributed by atoms with Gasteiger partial charge in [0.05, 0.1) is 6.42 Å². The van der Waals surface area contributed by atoms with Gasteiger partial charge in [-0.1, -0.05) is 18.2 Å². The number of nitrogens with one attached hydrogen (secondary N) is 2. The largest absolute Gasteiger partial charge is 0.363 e. The van der Waals surface area contributed by atoms with E-state index in [2.05, 4.69) is 38.1 Å². The molecule has 0 aliphatic heterocycles. The summed E-state index contributed by atoms with van der Waals surface area (Å²) in [6.45, 7) is 0.764. The van der Waals surface area contributed by atoms with Crippen molar-refractivity contribution in [3.05, 3.63) is 47.5 Å². The SMILES string of the molecule is CN(C)c1ccnc(NC2CCC(CNC(=O)Cc3csc4ccccc34)CC2)n1. The first-order valence-corrected chi connectivity index (χ1v) is 11.4. The van der Waals surface area contributed by atoms with Gasteiger partial charge in [-0.2, -0.15) is 4.98 Å². The Balaban J connectivity index is 1.21. The minimum Gasteiger partial charge on any atom is -0.363 e. The lowest BCUT2D eigenvalue weighted by molar-refractivity contribution is -0.120. The number of rotatable bonds is 7. The van der Waals surface area contributed by atoms with Crippen LogP contribution < -0.4 is 15.5 Å². The van der Waals surface area contributed by atoms with Crippen molar-refractivity contribution in [2.45, 2.75) is 38.1 Å². The van der Waals surface area contributed by atoms with Crippen LogP contribution in [0, 0.1) is 5.92 Å². The fraction of sp³-hybridized carbons (Fsp3) is 0.435. The fourth-order valence-corrected chi connectivity index (χ4v) is 4.99. The molecule has 0 spiro atoms. The highest BCUT2D eigenvalue weighted by Crippen LogP contribution is 2.27. The predicted molar refractivity (Wildman–Crippen MR) is 124 cm³/mol. The van der Waals surface area contributed by atoms with E-state index >= 15 is 0 Å². The lowest BCUT2D eigenvalue weighted by atomic mass is 9.86. The third kappa shape index (κ3) is 5.08. The van der Waals surface area contributed by atoms with E-state index in [0.29, 0.717) is 24.3 Å². The van der Waals surface area contributed by atoms with Crippen molar-refractivity contribution in [2.75, 3.05) is 30.9 Å². The maximum Gasteiger partial charge on any atom is 0.224 e. The monoisotopic (exact) mass is 423 g/mol. The van der Waals surface area contributed by atoms with E-state index in [9.17, 15) is 4.79 Å². The van der Waals surface area contributed by atoms with Crippen LogP contribution in [0.4, 0.5) is 11.8 Å². The van der Waals surface area contributed by atoms with Gasteiger partial charge in [0.25, 0.3) is 0 Å². The molecule has 2 N–H and O–H groups in total. The average molecular weight is 424 g/mol. The number of benzene rings is 1. The molecule has 2 aromatic heterocycles. The first-order chi connectivity index (χ1) is 14.6. The number of carbonyl (C=O) groups is 1. The quantitative estimate of drug-likeness (QED) is 0.599. The van der Waals surface area contributed by atoms with Crippen molar-refractivity contribution < 1.29 is 4.79 Å². The number of fused-ring (bicyclic) bond motifs is 1. The van der Waals surface area contributed by atoms with Gasteiger partial charge in [-0.15, -0.1) is 11.3 Å². The number of aromatic nitrogens is 2. The van der Waals surface area contributed by atoms with Gasteiger partial charge < -0.3 is 15.5 Å². The summed E-state index contributed by atoms with van der Waals surface area (Å²) in [6.07, 6.45) is 6.61. The highest BCUT2D eigenvalue weighted by Gasteiger charge is 2.22. The van der Waals surface area contributed by atoms with Crippen molar-refractivity contribution in [1.82, 2.24) is 15.3 Å². The lowest BCUT2D eigenvalue weighted by Crippen LogP contribution is -2.34.